The third-order valence-electron chi connectivity index (χ3n) is 2.37. The summed E-state index contributed by atoms with van der Waals surface area (Å²) in [4.78, 5) is 10.8. The number of amides is 1. The second-order valence-corrected chi connectivity index (χ2v) is 5.23. The quantitative estimate of drug-likeness (QED) is 0.459. The Morgan fingerprint density at radius 1 is 1.64 bits per heavy atom. The number of carbonyl (C=O) groups excluding carboxylic acids is 1. The minimum atomic E-state index is -0.704. The van der Waals surface area contributed by atoms with Gasteiger partial charge in [-0.05, 0) is 48.8 Å². The summed E-state index contributed by atoms with van der Waals surface area (Å²) in [6, 6.07) is 0. The van der Waals surface area contributed by atoms with Crippen molar-refractivity contribution in [3.8, 4) is 11.8 Å². The van der Waals surface area contributed by atoms with Crippen molar-refractivity contribution >= 4 is 28.7 Å². The van der Waals surface area contributed by atoms with Crippen molar-refractivity contribution in [2.45, 2.75) is 36.2 Å². The van der Waals surface area contributed by atoms with E-state index in [1.165, 1.54) is 0 Å². The molecule has 2 unspecified atom stereocenters. The van der Waals surface area contributed by atoms with Gasteiger partial charge in [0.15, 0.2) is 3.61 Å². The topological polar surface area (TPSA) is 52.3 Å². The van der Waals surface area contributed by atoms with Crippen LogP contribution in [-0.4, -0.2) is 9.70 Å². The average molecular weight is 307 g/mol. The molecule has 0 aromatic heterocycles. The second kappa shape index (κ2) is 4.87. The highest BCUT2D eigenvalue weighted by Gasteiger charge is 2.40. The van der Waals surface area contributed by atoms with Crippen LogP contribution >= 0.6 is 22.6 Å². The number of nitrogens with two attached hydrogens (primary N) is 1. The first kappa shape index (κ1) is 11.6. The summed E-state index contributed by atoms with van der Waals surface area (Å²) in [7, 11) is 0. The molecule has 3 nitrogen and oxygen atoms in total. The first-order valence-corrected chi connectivity index (χ1v) is 5.76. The zero-order chi connectivity index (χ0) is 10.6. The van der Waals surface area contributed by atoms with E-state index in [9.17, 15) is 4.79 Å². The number of hydrogen-bond acceptors (Lipinski definition) is 2. The van der Waals surface area contributed by atoms with Crippen molar-refractivity contribution in [3.63, 3.8) is 0 Å². The van der Waals surface area contributed by atoms with Crippen LogP contribution in [0.1, 0.15) is 32.6 Å². The molecule has 1 aliphatic rings. The van der Waals surface area contributed by atoms with Crippen LogP contribution in [0, 0.1) is 17.8 Å². The van der Waals surface area contributed by atoms with Crippen LogP contribution in [0.2, 0.25) is 0 Å². The van der Waals surface area contributed by atoms with Gasteiger partial charge in [-0.2, -0.15) is 0 Å². The summed E-state index contributed by atoms with van der Waals surface area (Å²) in [6.45, 7) is 1.80. The summed E-state index contributed by atoms with van der Waals surface area (Å²) >= 11 is 2.17. The summed E-state index contributed by atoms with van der Waals surface area (Å²) < 4.78 is 4.66. The van der Waals surface area contributed by atoms with E-state index < -0.39 is 9.70 Å². The van der Waals surface area contributed by atoms with Gasteiger partial charge in [-0.25, -0.2) is 4.79 Å². The predicted molar refractivity (Wildman–Crippen MR) is 62.8 cm³/mol. The van der Waals surface area contributed by atoms with Crippen molar-refractivity contribution in [2.75, 3.05) is 0 Å². The lowest BCUT2D eigenvalue weighted by atomic mass is 9.87. The molecule has 4 heteroatoms. The smallest absolute Gasteiger partial charge is 0.405 e. The lowest BCUT2D eigenvalue weighted by Gasteiger charge is -2.35. The van der Waals surface area contributed by atoms with Crippen LogP contribution in [-0.2, 0) is 4.74 Å². The Hall–Kier alpha value is -0.440. The molecule has 1 fully saturated rings. The maximum atomic E-state index is 10.8. The Balaban J connectivity index is 2.77. The maximum absolute atomic E-state index is 10.8. The van der Waals surface area contributed by atoms with Crippen molar-refractivity contribution < 1.29 is 9.53 Å². The highest BCUT2D eigenvalue weighted by atomic mass is 127. The van der Waals surface area contributed by atoms with Crippen LogP contribution in [0.5, 0.6) is 0 Å². The Bertz CT molecular complexity index is 282. The number of hydrogen-bond donors (Lipinski definition) is 1. The lowest BCUT2D eigenvalue weighted by molar-refractivity contribution is 0.0486. The van der Waals surface area contributed by atoms with Crippen LogP contribution in [0.25, 0.3) is 0 Å². The number of halogens is 1. The van der Waals surface area contributed by atoms with E-state index in [4.69, 9.17) is 10.5 Å². The molecular weight excluding hydrogens is 293 g/mol. The van der Waals surface area contributed by atoms with E-state index in [0.717, 1.165) is 25.7 Å². The van der Waals surface area contributed by atoms with E-state index >= 15 is 0 Å². The standard InChI is InChI=1S/C10H14INO2/c1-2-5-8-6-3-4-7-10(8,11)14-9(12)13/h8H,3-4,6-7H2,1H3,(H2,12,13). The van der Waals surface area contributed by atoms with Crippen molar-refractivity contribution in [1.82, 2.24) is 0 Å². The largest absolute Gasteiger partial charge is 0.431 e. The third kappa shape index (κ3) is 2.77. The molecule has 0 aromatic rings. The molecule has 0 aliphatic heterocycles. The summed E-state index contributed by atoms with van der Waals surface area (Å²) in [6.07, 6.45) is 3.33. The molecule has 1 rings (SSSR count). The number of ether oxygens (including phenoxy) is 1. The third-order valence-corrected chi connectivity index (χ3v) is 3.88. The zero-order valence-corrected chi connectivity index (χ0v) is 10.3. The molecule has 2 atom stereocenters. The van der Waals surface area contributed by atoms with Crippen LogP contribution in [0.4, 0.5) is 4.79 Å². The minimum absolute atomic E-state index is 0.120. The Morgan fingerprint density at radius 3 is 2.93 bits per heavy atom. The molecular formula is C10H14INO2. The summed E-state index contributed by atoms with van der Waals surface area (Å²) in [5.41, 5.74) is 5.05. The monoisotopic (exact) mass is 307 g/mol. The summed E-state index contributed by atoms with van der Waals surface area (Å²) in [5.74, 6) is 6.09. The van der Waals surface area contributed by atoms with Crippen molar-refractivity contribution in [3.05, 3.63) is 0 Å². The number of rotatable bonds is 1. The normalized spacial score (nSPS) is 31.4. The van der Waals surface area contributed by atoms with E-state index in [2.05, 4.69) is 34.4 Å². The molecule has 2 N–H and O–H groups in total. The lowest BCUT2D eigenvalue weighted by Crippen LogP contribution is -2.40. The fourth-order valence-corrected chi connectivity index (χ4v) is 2.81. The molecule has 78 valence electrons. The fraction of sp³-hybridized carbons (Fsp3) is 0.700. The van der Waals surface area contributed by atoms with Gasteiger partial charge in [0.25, 0.3) is 0 Å². The zero-order valence-electron chi connectivity index (χ0n) is 8.18. The van der Waals surface area contributed by atoms with Gasteiger partial charge in [0.2, 0.25) is 0 Å². The predicted octanol–water partition coefficient (Wildman–Crippen LogP) is 2.43. The molecule has 1 amide bonds. The SMILES string of the molecule is CC#CC1CCCCC1(I)OC(N)=O. The molecule has 0 spiro atoms. The first-order valence-electron chi connectivity index (χ1n) is 4.68. The molecule has 0 bridgehead atoms. The second-order valence-electron chi connectivity index (χ2n) is 3.40. The van der Waals surface area contributed by atoms with Gasteiger partial charge >= 0.3 is 6.09 Å². The average Bonchev–Trinajstić information content (AvgIpc) is 2.08. The molecule has 0 radical (unpaired) electrons. The van der Waals surface area contributed by atoms with Gasteiger partial charge in [0, 0.05) is 0 Å². The highest BCUT2D eigenvalue weighted by molar-refractivity contribution is 14.1. The van der Waals surface area contributed by atoms with Crippen molar-refractivity contribution in [2.24, 2.45) is 11.7 Å². The van der Waals surface area contributed by atoms with Crippen LogP contribution < -0.4 is 5.73 Å². The van der Waals surface area contributed by atoms with E-state index in [1.54, 1.807) is 6.92 Å². The molecule has 1 aliphatic carbocycles. The van der Waals surface area contributed by atoms with Crippen LogP contribution in [0.3, 0.4) is 0 Å². The van der Waals surface area contributed by atoms with Crippen LogP contribution in [0.15, 0.2) is 0 Å². The molecule has 14 heavy (non-hydrogen) atoms. The maximum Gasteiger partial charge on any atom is 0.405 e. The molecule has 0 aromatic carbocycles. The van der Waals surface area contributed by atoms with E-state index in [-0.39, 0.29) is 5.92 Å². The minimum Gasteiger partial charge on any atom is -0.431 e. The van der Waals surface area contributed by atoms with Gasteiger partial charge in [-0.3, -0.25) is 0 Å². The van der Waals surface area contributed by atoms with Gasteiger partial charge < -0.3 is 10.5 Å². The van der Waals surface area contributed by atoms with E-state index in [1.807, 2.05) is 0 Å². The Morgan fingerprint density at radius 2 is 2.36 bits per heavy atom. The molecule has 0 heterocycles. The van der Waals surface area contributed by atoms with Gasteiger partial charge in [0.05, 0.1) is 5.92 Å². The molecule has 0 saturated heterocycles. The van der Waals surface area contributed by atoms with E-state index in [0.29, 0.717) is 0 Å². The van der Waals surface area contributed by atoms with Crippen molar-refractivity contribution in [1.29, 1.82) is 0 Å². The number of carbonyl (C=O) groups is 1. The highest BCUT2D eigenvalue weighted by Crippen LogP contribution is 2.41. The number of alkyl halides is 1. The Labute approximate surface area is 97.9 Å². The van der Waals surface area contributed by atoms with Gasteiger partial charge in [-0.1, -0.05) is 12.3 Å². The molecule has 1 saturated carbocycles. The first-order chi connectivity index (χ1) is 6.58. The van der Waals surface area contributed by atoms with Gasteiger partial charge in [0.1, 0.15) is 0 Å². The fourth-order valence-electron chi connectivity index (χ4n) is 1.75. The summed E-state index contributed by atoms with van der Waals surface area (Å²) in [5, 5.41) is 0. The Kier molecular flexibility index (Phi) is 4.05. The number of primary amides is 1. The van der Waals surface area contributed by atoms with Gasteiger partial charge in [-0.15, -0.1) is 5.92 Å².